The fraction of sp³-hybridized carbons (Fsp3) is 0.167. The van der Waals surface area contributed by atoms with Crippen molar-refractivity contribution in [3.8, 4) is 5.75 Å². The van der Waals surface area contributed by atoms with Crippen LogP contribution in [0.2, 0.25) is 5.02 Å². The van der Waals surface area contributed by atoms with Gasteiger partial charge in [0.25, 0.3) is 0 Å². The van der Waals surface area contributed by atoms with Gasteiger partial charge < -0.3 is 9.47 Å². The molecule has 0 amide bonds. The molecule has 0 radical (unpaired) electrons. The van der Waals surface area contributed by atoms with Crippen molar-refractivity contribution in [3.63, 3.8) is 0 Å². The summed E-state index contributed by atoms with van der Waals surface area (Å²) in [4.78, 5) is 11.7. The van der Waals surface area contributed by atoms with E-state index in [1.54, 1.807) is 12.1 Å². The summed E-state index contributed by atoms with van der Waals surface area (Å²) in [5.74, 6) is 0.0920. The highest BCUT2D eigenvalue weighted by Gasteiger charge is 2.10. The zero-order chi connectivity index (χ0) is 15.9. The summed E-state index contributed by atoms with van der Waals surface area (Å²) < 4.78 is 10.6. The lowest BCUT2D eigenvalue weighted by atomic mass is 10.2. The summed E-state index contributed by atoms with van der Waals surface area (Å²) in [6.07, 6.45) is 1.51. The van der Waals surface area contributed by atoms with Crippen LogP contribution in [0.1, 0.15) is 21.5 Å². The van der Waals surface area contributed by atoms with Crippen molar-refractivity contribution in [1.29, 1.82) is 0 Å². The third-order valence-electron chi connectivity index (χ3n) is 3.01. The summed E-state index contributed by atoms with van der Waals surface area (Å²) in [5, 5.41) is 0.375. The van der Waals surface area contributed by atoms with E-state index in [4.69, 9.17) is 21.1 Å². The smallest absolute Gasteiger partial charge is 0.338 e. The number of halogens is 1. The quantitative estimate of drug-likeness (QED) is 0.578. The van der Waals surface area contributed by atoms with E-state index in [0.29, 0.717) is 22.9 Å². The van der Waals surface area contributed by atoms with Crippen molar-refractivity contribution >= 4 is 17.6 Å². The topological polar surface area (TPSA) is 35.5 Å². The van der Waals surface area contributed by atoms with Crippen LogP contribution in [0.25, 0.3) is 0 Å². The molecule has 0 aliphatic rings. The van der Waals surface area contributed by atoms with Gasteiger partial charge in [-0.3, -0.25) is 0 Å². The number of benzene rings is 2. The molecule has 0 unspecified atom stereocenters. The molecule has 4 heteroatoms. The molecule has 2 rings (SSSR count). The summed E-state index contributed by atoms with van der Waals surface area (Å²) in [6.45, 7) is 6.11. The minimum absolute atomic E-state index is 0.169. The first-order valence-electron chi connectivity index (χ1n) is 6.86. The Balaban J connectivity index is 2.01. The largest absolute Gasteiger partial charge is 0.487 e. The molecule has 2 aromatic rings. The fourth-order valence-electron chi connectivity index (χ4n) is 1.81. The lowest BCUT2D eigenvalue weighted by Crippen LogP contribution is -2.05. The van der Waals surface area contributed by atoms with Crippen LogP contribution < -0.4 is 4.74 Å². The molecule has 2 aromatic carbocycles. The molecule has 114 valence electrons. The van der Waals surface area contributed by atoms with Gasteiger partial charge in [-0.15, -0.1) is 0 Å². The number of hydrogen-bond acceptors (Lipinski definition) is 3. The molecule has 0 spiro atoms. The van der Waals surface area contributed by atoms with Gasteiger partial charge in [-0.25, -0.2) is 4.79 Å². The van der Waals surface area contributed by atoms with Crippen molar-refractivity contribution in [2.24, 2.45) is 0 Å². The van der Waals surface area contributed by atoms with Gasteiger partial charge in [0.1, 0.15) is 19.0 Å². The minimum atomic E-state index is -0.438. The second-order valence-electron chi connectivity index (χ2n) is 4.81. The molecule has 0 fully saturated rings. The predicted molar refractivity (Wildman–Crippen MR) is 87.4 cm³/mol. The maximum Gasteiger partial charge on any atom is 0.338 e. The van der Waals surface area contributed by atoms with Crippen LogP contribution in [-0.4, -0.2) is 12.6 Å². The highest BCUT2D eigenvalue weighted by molar-refractivity contribution is 6.32. The maximum absolute atomic E-state index is 11.7. The Kier molecular flexibility index (Phi) is 5.61. The van der Waals surface area contributed by atoms with Gasteiger partial charge in [-0.2, -0.15) is 0 Å². The predicted octanol–water partition coefficient (Wildman–Crippen LogP) is 4.57. The van der Waals surface area contributed by atoms with Crippen LogP contribution in [0.4, 0.5) is 0 Å². The Morgan fingerprint density at radius 3 is 2.59 bits per heavy atom. The molecule has 0 N–H and O–H groups in total. The number of carbonyl (C=O) groups is 1. The van der Waals surface area contributed by atoms with Crippen LogP contribution in [0, 0.1) is 6.92 Å². The first kappa shape index (κ1) is 16.1. The molecule has 0 bridgehead atoms. The Morgan fingerprint density at radius 2 is 1.95 bits per heavy atom. The number of esters is 1. The van der Waals surface area contributed by atoms with Gasteiger partial charge in [0, 0.05) is 0 Å². The first-order chi connectivity index (χ1) is 10.6. The van der Waals surface area contributed by atoms with Crippen molar-refractivity contribution in [3.05, 3.63) is 76.8 Å². The molecule has 0 aromatic heterocycles. The zero-order valence-corrected chi connectivity index (χ0v) is 13.1. The molecule has 0 heterocycles. The van der Waals surface area contributed by atoms with Crippen molar-refractivity contribution in [1.82, 2.24) is 0 Å². The Labute approximate surface area is 135 Å². The normalized spacial score (nSPS) is 10.1. The number of ether oxygens (including phenoxy) is 2. The Hall–Kier alpha value is -2.26. The number of aryl methyl sites for hydroxylation is 1. The first-order valence-corrected chi connectivity index (χ1v) is 7.24. The fourth-order valence-corrected chi connectivity index (χ4v) is 2.04. The molecule has 0 saturated carbocycles. The van der Waals surface area contributed by atoms with Crippen LogP contribution >= 0.6 is 11.6 Å². The lowest BCUT2D eigenvalue weighted by molar-refractivity contribution is 0.0549. The number of carbonyl (C=O) groups excluding carboxylic acids is 1. The molecule has 3 nitrogen and oxygen atoms in total. The van der Waals surface area contributed by atoms with E-state index < -0.39 is 5.97 Å². The van der Waals surface area contributed by atoms with Gasteiger partial charge in [0.05, 0.1) is 10.6 Å². The minimum Gasteiger partial charge on any atom is -0.487 e. The van der Waals surface area contributed by atoms with Gasteiger partial charge in [-0.05, 0) is 30.7 Å². The molecule has 0 atom stereocenters. The van der Waals surface area contributed by atoms with Gasteiger partial charge in [0.2, 0.25) is 0 Å². The van der Waals surface area contributed by atoms with Gasteiger partial charge >= 0.3 is 5.97 Å². The molecule has 0 aliphatic heterocycles. The SMILES string of the molecule is C=CCOC(=O)c1ccc(OCc2ccc(C)cc2)c(Cl)c1. The van der Waals surface area contributed by atoms with Gasteiger partial charge in [-0.1, -0.05) is 54.1 Å². The lowest BCUT2D eigenvalue weighted by Gasteiger charge is -2.09. The van der Waals surface area contributed by atoms with E-state index in [2.05, 4.69) is 6.58 Å². The van der Waals surface area contributed by atoms with E-state index >= 15 is 0 Å². The second kappa shape index (κ2) is 7.66. The summed E-state index contributed by atoms with van der Waals surface area (Å²) in [5.41, 5.74) is 2.63. The van der Waals surface area contributed by atoms with E-state index in [-0.39, 0.29) is 6.61 Å². The van der Waals surface area contributed by atoms with Crippen LogP contribution in [0.5, 0.6) is 5.75 Å². The number of hydrogen-bond donors (Lipinski definition) is 0. The number of rotatable bonds is 6. The van der Waals surface area contributed by atoms with Crippen LogP contribution in [0.15, 0.2) is 55.1 Å². The van der Waals surface area contributed by atoms with E-state index in [0.717, 1.165) is 5.56 Å². The Morgan fingerprint density at radius 1 is 1.23 bits per heavy atom. The Bertz CT molecular complexity index is 663. The average Bonchev–Trinajstić information content (AvgIpc) is 2.53. The van der Waals surface area contributed by atoms with Gasteiger partial charge in [0.15, 0.2) is 0 Å². The van der Waals surface area contributed by atoms with Crippen molar-refractivity contribution in [2.45, 2.75) is 13.5 Å². The van der Waals surface area contributed by atoms with Crippen molar-refractivity contribution in [2.75, 3.05) is 6.61 Å². The summed E-state index contributed by atoms with van der Waals surface area (Å²) >= 11 is 6.15. The maximum atomic E-state index is 11.7. The molecule has 0 saturated heterocycles. The molecule has 22 heavy (non-hydrogen) atoms. The molecular formula is C18H17ClO3. The van der Waals surface area contributed by atoms with E-state index in [1.165, 1.54) is 17.7 Å². The monoisotopic (exact) mass is 316 g/mol. The highest BCUT2D eigenvalue weighted by atomic mass is 35.5. The summed E-state index contributed by atoms with van der Waals surface area (Å²) in [6, 6.07) is 12.9. The van der Waals surface area contributed by atoms with Crippen molar-refractivity contribution < 1.29 is 14.3 Å². The second-order valence-corrected chi connectivity index (χ2v) is 5.21. The third-order valence-corrected chi connectivity index (χ3v) is 3.31. The zero-order valence-electron chi connectivity index (χ0n) is 12.3. The van der Waals surface area contributed by atoms with Crippen LogP contribution in [0.3, 0.4) is 0 Å². The standard InChI is InChI=1S/C18H17ClO3/c1-3-10-21-18(20)15-8-9-17(16(19)11-15)22-12-14-6-4-13(2)5-7-14/h3-9,11H,1,10,12H2,2H3. The molecule has 0 aliphatic carbocycles. The third kappa shape index (κ3) is 4.37. The van der Waals surface area contributed by atoms with Crippen LogP contribution in [-0.2, 0) is 11.3 Å². The van der Waals surface area contributed by atoms with E-state index in [1.807, 2.05) is 31.2 Å². The highest BCUT2D eigenvalue weighted by Crippen LogP contribution is 2.26. The average molecular weight is 317 g/mol. The van der Waals surface area contributed by atoms with E-state index in [9.17, 15) is 4.79 Å². The summed E-state index contributed by atoms with van der Waals surface area (Å²) in [7, 11) is 0. The molecular weight excluding hydrogens is 300 g/mol.